The fourth-order valence-electron chi connectivity index (χ4n) is 2.26. The van der Waals surface area contributed by atoms with Crippen LogP contribution < -0.4 is 10.2 Å². The van der Waals surface area contributed by atoms with Gasteiger partial charge in [-0.2, -0.15) is 5.10 Å². The van der Waals surface area contributed by atoms with Crippen LogP contribution in [-0.2, 0) is 9.53 Å². The number of benzene rings is 1. The monoisotopic (exact) mass is 308 g/mol. The van der Waals surface area contributed by atoms with Crippen LogP contribution in [0.5, 0.6) is 11.5 Å². The molecule has 1 aromatic carbocycles. The maximum Gasteiger partial charge on any atom is 0.295 e. The predicted octanol–water partition coefficient (Wildman–Crippen LogP) is 0.328. The van der Waals surface area contributed by atoms with Crippen LogP contribution in [0.4, 0.5) is 0 Å². The maximum absolute atomic E-state index is 11.9. The van der Waals surface area contributed by atoms with Crippen molar-refractivity contribution in [2.75, 3.05) is 47.0 Å². The number of ether oxygens (including phenoxy) is 2. The summed E-state index contributed by atoms with van der Waals surface area (Å²) in [5.74, 6) is 0.519. The number of amides is 1. The first-order valence-electron chi connectivity index (χ1n) is 7.13. The quantitative estimate of drug-likeness (QED) is 0.467. The number of quaternary nitrogens is 1. The van der Waals surface area contributed by atoms with E-state index < -0.39 is 0 Å². The molecule has 1 aromatic rings. The molecular formula is C15H22N3O4+. The first-order chi connectivity index (χ1) is 10.5. The minimum Gasteiger partial charge on any atom is -0.507 e. The van der Waals surface area contributed by atoms with Crippen molar-refractivity contribution in [1.82, 2.24) is 5.43 Å². The Morgan fingerprint density at radius 3 is 2.91 bits per heavy atom. The Hall–Kier alpha value is -2.12. The highest BCUT2D eigenvalue weighted by molar-refractivity contribution is 5.85. The van der Waals surface area contributed by atoms with Gasteiger partial charge in [0.1, 0.15) is 24.6 Å². The van der Waals surface area contributed by atoms with Gasteiger partial charge in [-0.1, -0.05) is 0 Å². The number of aromatic hydroxyl groups is 1. The lowest BCUT2D eigenvalue weighted by atomic mass is 10.2. The Morgan fingerprint density at radius 2 is 2.23 bits per heavy atom. The van der Waals surface area contributed by atoms with Crippen molar-refractivity contribution in [2.24, 2.45) is 5.10 Å². The molecule has 0 atom stereocenters. The van der Waals surface area contributed by atoms with Crippen molar-refractivity contribution in [3.05, 3.63) is 23.8 Å². The van der Waals surface area contributed by atoms with Crippen LogP contribution in [0.25, 0.3) is 0 Å². The smallest absolute Gasteiger partial charge is 0.295 e. The normalized spacial score (nSPS) is 17.4. The second kappa shape index (κ2) is 7.24. The van der Waals surface area contributed by atoms with Gasteiger partial charge in [-0.05, 0) is 18.2 Å². The van der Waals surface area contributed by atoms with Gasteiger partial charge in [-0.15, -0.1) is 0 Å². The molecule has 7 heteroatoms. The number of phenols is 1. The molecule has 2 rings (SSSR count). The molecule has 0 unspecified atom stereocenters. The van der Waals surface area contributed by atoms with Crippen molar-refractivity contribution in [3.63, 3.8) is 0 Å². The molecule has 1 heterocycles. The van der Waals surface area contributed by atoms with Gasteiger partial charge in [0, 0.05) is 5.56 Å². The number of carbonyl (C=O) groups excluding carboxylic acids is 1. The molecule has 0 aliphatic carbocycles. The molecule has 1 aliphatic rings. The van der Waals surface area contributed by atoms with Crippen LogP contribution in [0.1, 0.15) is 5.56 Å². The van der Waals surface area contributed by atoms with E-state index in [-0.39, 0.29) is 11.7 Å². The van der Waals surface area contributed by atoms with E-state index in [1.807, 2.05) is 7.05 Å². The maximum atomic E-state index is 11.9. The lowest BCUT2D eigenvalue weighted by molar-refractivity contribution is -0.909. The highest BCUT2D eigenvalue weighted by atomic mass is 16.5. The van der Waals surface area contributed by atoms with E-state index in [0.717, 1.165) is 13.1 Å². The third kappa shape index (κ3) is 4.44. The fraction of sp³-hybridized carbons (Fsp3) is 0.467. The average molecular weight is 308 g/mol. The molecule has 2 N–H and O–H groups in total. The highest BCUT2D eigenvalue weighted by Crippen LogP contribution is 2.20. The van der Waals surface area contributed by atoms with E-state index in [1.165, 1.54) is 12.3 Å². The molecule has 0 saturated carbocycles. The SMILES string of the molecule is COc1ccc(O)c(/C=N/NC(=O)C[N+]2(C)CCOCC2)c1. The summed E-state index contributed by atoms with van der Waals surface area (Å²) >= 11 is 0. The first-order valence-corrected chi connectivity index (χ1v) is 7.13. The number of likely N-dealkylation sites (N-methyl/N-ethyl adjacent to an activating group) is 1. The van der Waals surface area contributed by atoms with Crippen LogP contribution in [0.3, 0.4) is 0 Å². The van der Waals surface area contributed by atoms with Gasteiger partial charge in [0.2, 0.25) is 0 Å². The van der Waals surface area contributed by atoms with Gasteiger partial charge in [0.25, 0.3) is 5.91 Å². The van der Waals surface area contributed by atoms with Crippen molar-refractivity contribution in [2.45, 2.75) is 0 Å². The Morgan fingerprint density at radius 1 is 1.50 bits per heavy atom. The van der Waals surface area contributed by atoms with Crippen LogP contribution in [0.2, 0.25) is 0 Å². The first kappa shape index (κ1) is 16.3. The van der Waals surface area contributed by atoms with Crippen molar-refractivity contribution >= 4 is 12.1 Å². The second-order valence-electron chi connectivity index (χ2n) is 5.56. The molecule has 0 radical (unpaired) electrons. The van der Waals surface area contributed by atoms with Crippen LogP contribution >= 0.6 is 0 Å². The number of hydrogen-bond donors (Lipinski definition) is 2. The number of rotatable bonds is 5. The number of morpholine rings is 1. The zero-order valence-electron chi connectivity index (χ0n) is 12.9. The van der Waals surface area contributed by atoms with Crippen molar-refractivity contribution < 1.29 is 23.9 Å². The summed E-state index contributed by atoms with van der Waals surface area (Å²) in [5, 5.41) is 13.6. The zero-order valence-corrected chi connectivity index (χ0v) is 12.9. The van der Waals surface area contributed by atoms with Gasteiger partial charge in [0.05, 0.1) is 33.6 Å². The lowest BCUT2D eigenvalue weighted by Gasteiger charge is -2.36. The number of methoxy groups -OCH3 is 1. The van der Waals surface area contributed by atoms with Gasteiger partial charge in [-0.25, -0.2) is 5.43 Å². The number of hydrogen-bond acceptors (Lipinski definition) is 5. The largest absolute Gasteiger partial charge is 0.507 e. The molecule has 0 spiro atoms. The van der Waals surface area contributed by atoms with E-state index in [0.29, 0.717) is 35.6 Å². The van der Waals surface area contributed by atoms with E-state index in [9.17, 15) is 9.90 Å². The Labute approximate surface area is 129 Å². The van der Waals surface area contributed by atoms with E-state index in [1.54, 1.807) is 19.2 Å². The Bertz CT molecular complexity index is 554. The van der Waals surface area contributed by atoms with E-state index in [2.05, 4.69) is 10.5 Å². The number of nitrogens with one attached hydrogen (secondary N) is 1. The Kier molecular flexibility index (Phi) is 5.35. The molecular weight excluding hydrogens is 286 g/mol. The summed E-state index contributed by atoms with van der Waals surface area (Å²) in [6.07, 6.45) is 1.40. The van der Waals surface area contributed by atoms with Gasteiger partial charge in [-0.3, -0.25) is 4.79 Å². The predicted molar refractivity (Wildman–Crippen MR) is 82.0 cm³/mol. The minimum atomic E-state index is -0.164. The van der Waals surface area contributed by atoms with Crippen LogP contribution in [0.15, 0.2) is 23.3 Å². The summed E-state index contributed by atoms with van der Waals surface area (Å²) in [5.41, 5.74) is 2.97. The molecule has 120 valence electrons. The molecule has 0 bridgehead atoms. The van der Waals surface area contributed by atoms with Crippen molar-refractivity contribution in [1.29, 1.82) is 0 Å². The number of carbonyl (C=O) groups is 1. The summed E-state index contributed by atoms with van der Waals surface area (Å²) < 4.78 is 11.0. The summed E-state index contributed by atoms with van der Waals surface area (Å²) in [4.78, 5) is 11.9. The highest BCUT2D eigenvalue weighted by Gasteiger charge is 2.27. The van der Waals surface area contributed by atoms with E-state index >= 15 is 0 Å². The number of nitrogens with zero attached hydrogens (tertiary/aromatic N) is 2. The van der Waals surface area contributed by atoms with Crippen LogP contribution in [-0.4, -0.2) is 68.7 Å². The summed E-state index contributed by atoms with van der Waals surface area (Å²) in [6.45, 7) is 3.32. The molecule has 7 nitrogen and oxygen atoms in total. The average Bonchev–Trinajstić information content (AvgIpc) is 2.49. The van der Waals surface area contributed by atoms with E-state index in [4.69, 9.17) is 9.47 Å². The number of hydrazone groups is 1. The fourth-order valence-corrected chi connectivity index (χ4v) is 2.26. The van der Waals surface area contributed by atoms with Gasteiger partial charge in [0.15, 0.2) is 6.54 Å². The topological polar surface area (TPSA) is 80.2 Å². The molecule has 0 aromatic heterocycles. The van der Waals surface area contributed by atoms with Gasteiger partial charge >= 0.3 is 0 Å². The molecule has 1 amide bonds. The molecule has 1 fully saturated rings. The molecule has 22 heavy (non-hydrogen) atoms. The van der Waals surface area contributed by atoms with Crippen molar-refractivity contribution in [3.8, 4) is 11.5 Å². The lowest BCUT2D eigenvalue weighted by Crippen LogP contribution is -2.55. The third-order valence-electron chi connectivity index (χ3n) is 3.70. The zero-order chi connectivity index (χ0) is 16.0. The second-order valence-corrected chi connectivity index (χ2v) is 5.56. The third-order valence-corrected chi connectivity index (χ3v) is 3.70. The van der Waals surface area contributed by atoms with Crippen LogP contribution in [0, 0.1) is 0 Å². The minimum absolute atomic E-state index is 0.0750. The molecule has 1 saturated heterocycles. The van der Waals surface area contributed by atoms with Gasteiger partial charge < -0.3 is 19.1 Å². The number of phenolic OH excluding ortho intramolecular Hbond substituents is 1. The molecule has 1 aliphatic heterocycles. The summed E-state index contributed by atoms with van der Waals surface area (Å²) in [7, 11) is 3.57. The standard InChI is InChI=1S/C15H21N3O4/c1-18(5-7-22-8-6-18)11-15(20)17-16-10-12-9-13(21-2)3-4-14(12)19/h3-4,9-10H,5-8,11H2,1-2H3,(H-,16,17,19,20)/p+1. The Balaban J connectivity index is 1.90. The summed E-state index contributed by atoms with van der Waals surface area (Å²) in [6, 6.07) is 4.80.